The molecule has 0 aliphatic carbocycles. The fourth-order valence-electron chi connectivity index (χ4n) is 5.59. The number of nitrogens with zero attached hydrogens (tertiary/aromatic N) is 6. The first-order valence-electron chi connectivity index (χ1n) is 15.2. The van der Waals surface area contributed by atoms with E-state index >= 15 is 0 Å². The highest BCUT2D eigenvalue weighted by Gasteiger charge is 2.35. The zero-order valence-corrected chi connectivity index (χ0v) is 31.0. The Kier molecular flexibility index (Phi) is 10.4. The summed E-state index contributed by atoms with van der Waals surface area (Å²) >= 11 is 12.1. The number of fused-ring (bicyclic) bond motifs is 1. The molecule has 0 N–H and O–H groups in total. The van der Waals surface area contributed by atoms with Gasteiger partial charge in [-0.3, -0.25) is 19.5 Å². The second kappa shape index (κ2) is 14.7. The van der Waals surface area contributed by atoms with Gasteiger partial charge in [0.05, 0.1) is 34.4 Å². The molecular weight excluding hydrogens is 768 g/mol. The molecule has 0 spiro atoms. The second-order valence-corrected chi connectivity index (χ2v) is 14.2. The van der Waals surface area contributed by atoms with E-state index in [-0.39, 0.29) is 22.4 Å². The first-order chi connectivity index (χ1) is 24.0. The molecule has 3 aromatic carbocycles. The van der Waals surface area contributed by atoms with Crippen LogP contribution in [0.15, 0.2) is 96.2 Å². The van der Waals surface area contributed by atoms with Crippen LogP contribution >= 0.6 is 50.6 Å². The van der Waals surface area contributed by atoms with Crippen molar-refractivity contribution in [2.75, 3.05) is 13.7 Å². The summed E-state index contributed by atoms with van der Waals surface area (Å²) < 4.78 is 15.4. The van der Waals surface area contributed by atoms with Gasteiger partial charge in [-0.2, -0.15) is 0 Å². The molecule has 0 saturated carbocycles. The van der Waals surface area contributed by atoms with Crippen molar-refractivity contribution in [3.8, 4) is 17.1 Å². The third-order valence-electron chi connectivity index (χ3n) is 7.81. The summed E-state index contributed by atoms with van der Waals surface area (Å²) in [6, 6.07) is 16.1. The van der Waals surface area contributed by atoms with Crippen molar-refractivity contribution in [1.82, 2.24) is 19.3 Å². The smallest absolute Gasteiger partial charge is 0.338 e. The highest BCUT2D eigenvalue weighted by Crippen LogP contribution is 2.38. The van der Waals surface area contributed by atoms with Gasteiger partial charge in [-0.15, -0.1) is 10.2 Å². The highest BCUT2D eigenvalue weighted by molar-refractivity contribution is 9.10. The Balaban J connectivity index is 1.52. The van der Waals surface area contributed by atoms with Gasteiger partial charge in [-0.05, 0) is 80.6 Å². The highest BCUT2D eigenvalue weighted by atomic mass is 79.9. The van der Waals surface area contributed by atoms with Crippen molar-refractivity contribution in [3.63, 3.8) is 0 Å². The maximum atomic E-state index is 14.4. The van der Waals surface area contributed by atoms with Gasteiger partial charge in [0.25, 0.3) is 11.2 Å². The van der Waals surface area contributed by atoms with Gasteiger partial charge < -0.3 is 14.0 Å². The molecule has 1 aliphatic heterocycles. The van der Waals surface area contributed by atoms with E-state index < -0.39 is 22.5 Å². The van der Waals surface area contributed by atoms with E-state index in [9.17, 15) is 19.7 Å². The zero-order chi connectivity index (χ0) is 35.7. The van der Waals surface area contributed by atoms with Gasteiger partial charge in [-0.25, -0.2) is 9.79 Å². The van der Waals surface area contributed by atoms with Crippen LogP contribution in [-0.2, 0) is 16.1 Å². The molecule has 3 heterocycles. The van der Waals surface area contributed by atoms with Crippen molar-refractivity contribution in [2.45, 2.75) is 43.4 Å². The number of nitro benzene ring substituents is 1. The molecule has 256 valence electrons. The molecule has 0 amide bonds. The van der Waals surface area contributed by atoms with Crippen LogP contribution in [0.1, 0.15) is 37.9 Å². The standard InChI is InChI=1S/C34H28BrClN6O6S2/c1-5-40-30(19-8-7-9-22(36)14-19)38-39-34(40)49-26-13-11-23(42(45)46)15-20(26)16-27-31(43)41-29(24-17-21(35)10-12-25(24)47-4)28(32(44)48-6-2)18(3)37-33(41)50-27/h7-17,29H,5-6H2,1-4H3/b27-16-/t29-/m1/s1. The largest absolute Gasteiger partial charge is 0.496 e. The molecule has 0 fully saturated rings. The van der Waals surface area contributed by atoms with Gasteiger partial charge in [0.2, 0.25) is 0 Å². The number of halogens is 2. The lowest BCUT2D eigenvalue weighted by atomic mass is 9.95. The van der Waals surface area contributed by atoms with Crippen LogP contribution in [0.2, 0.25) is 5.02 Å². The van der Waals surface area contributed by atoms with Crippen molar-refractivity contribution in [3.05, 3.63) is 122 Å². The number of methoxy groups -OCH3 is 1. The summed E-state index contributed by atoms with van der Waals surface area (Å²) in [6.07, 6.45) is 1.60. The molecule has 0 radical (unpaired) electrons. The van der Waals surface area contributed by atoms with Crippen LogP contribution in [0.3, 0.4) is 0 Å². The molecule has 0 bridgehead atoms. The Labute approximate surface area is 307 Å². The second-order valence-electron chi connectivity index (χ2n) is 10.8. The monoisotopic (exact) mass is 794 g/mol. The van der Waals surface area contributed by atoms with Crippen molar-refractivity contribution >= 4 is 68.4 Å². The van der Waals surface area contributed by atoms with Crippen LogP contribution in [0.5, 0.6) is 5.75 Å². The number of nitro groups is 1. The number of esters is 1. The lowest BCUT2D eigenvalue weighted by molar-refractivity contribution is -0.384. The maximum absolute atomic E-state index is 14.4. The molecule has 12 nitrogen and oxygen atoms in total. The van der Waals surface area contributed by atoms with Crippen LogP contribution in [0.25, 0.3) is 17.5 Å². The maximum Gasteiger partial charge on any atom is 0.338 e. The van der Waals surface area contributed by atoms with E-state index in [1.807, 2.05) is 23.6 Å². The minimum Gasteiger partial charge on any atom is -0.496 e. The molecule has 16 heteroatoms. The number of rotatable bonds is 10. The number of aromatic nitrogens is 4. The summed E-state index contributed by atoms with van der Waals surface area (Å²) in [5.74, 6) is 0.466. The number of hydrogen-bond donors (Lipinski definition) is 0. The number of benzene rings is 3. The number of carbonyl (C=O) groups excluding carboxylic acids is 1. The number of hydrogen-bond acceptors (Lipinski definition) is 11. The summed E-state index contributed by atoms with van der Waals surface area (Å²) in [5.41, 5.74) is 1.75. The normalized spacial score (nSPS) is 14.4. The number of carbonyl (C=O) groups is 1. The molecule has 6 rings (SSSR count). The van der Waals surface area contributed by atoms with Gasteiger partial charge in [0, 0.05) is 44.2 Å². The minimum absolute atomic E-state index is 0.127. The summed E-state index contributed by atoms with van der Waals surface area (Å²) in [5, 5.41) is 21.8. The molecule has 50 heavy (non-hydrogen) atoms. The van der Waals surface area contributed by atoms with Crippen molar-refractivity contribution in [1.29, 1.82) is 0 Å². The molecular formula is C34H28BrClN6O6S2. The topological polar surface area (TPSA) is 144 Å². The van der Waals surface area contributed by atoms with Crippen LogP contribution < -0.4 is 19.6 Å². The fraction of sp³-hybridized carbons (Fsp3) is 0.206. The third-order valence-corrected chi connectivity index (χ3v) is 10.6. The summed E-state index contributed by atoms with van der Waals surface area (Å²) in [4.78, 5) is 44.7. The van der Waals surface area contributed by atoms with E-state index in [1.165, 1.54) is 35.6 Å². The van der Waals surface area contributed by atoms with E-state index in [0.717, 1.165) is 16.9 Å². The van der Waals surface area contributed by atoms with E-state index in [0.29, 0.717) is 59.3 Å². The minimum atomic E-state index is -0.924. The van der Waals surface area contributed by atoms with Gasteiger partial charge in [0.15, 0.2) is 15.8 Å². The Bertz CT molecular complexity index is 2390. The molecule has 2 aromatic heterocycles. The molecule has 5 aromatic rings. The third kappa shape index (κ3) is 6.77. The van der Waals surface area contributed by atoms with Crippen LogP contribution in [-0.4, -0.2) is 43.9 Å². The first kappa shape index (κ1) is 35.3. The Morgan fingerprint density at radius 3 is 2.66 bits per heavy atom. The summed E-state index contributed by atoms with van der Waals surface area (Å²) in [7, 11) is 1.51. The van der Waals surface area contributed by atoms with E-state index in [1.54, 1.807) is 56.3 Å². The zero-order valence-electron chi connectivity index (χ0n) is 27.0. The average molecular weight is 796 g/mol. The predicted octanol–water partition coefficient (Wildman–Crippen LogP) is 6.56. The Hall–Kier alpha value is -4.57. The Morgan fingerprint density at radius 2 is 1.96 bits per heavy atom. The summed E-state index contributed by atoms with van der Waals surface area (Å²) in [6.45, 7) is 6.02. The first-order valence-corrected chi connectivity index (χ1v) is 18.0. The van der Waals surface area contributed by atoms with Crippen molar-refractivity contribution < 1.29 is 19.2 Å². The average Bonchev–Trinajstić information content (AvgIpc) is 3.64. The molecule has 1 aliphatic rings. The van der Waals surface area contributed by atoms with Gasteiger partial charge in [-0.1, -0.05) is 51.0 Å². The van der Waals surface area contributed by atoms with Gasteiger partial charge >= 0.3 is 5.97 Å². The van der Waals surface area contributed by atoms with Crippen LogP contribution in [0.4, 0.5) is 5.69 Å². The number of ether oxygens (including phenoxy) is 2. The molecule has 0 saturated heterocycles. The lowest BCUT2D eigenvalue weighted by Gasteiger charge is -2.26. The SMILES string of the molecule is CCOC(=O)C1=C(C)N=c2s/c(=C\c3cc([N+](=O)[O-])ccc3Sc3nnc(-c4cccc(Cl)c4)n3CC)c(=O)n2[C@@H]1c1cc(Br)ccc1OC. The quantitative estimate of drug-likeness (QED) is 0.0873. The Morgan fingerprint density at radius 1 is 1.16 bits per heavy atom. The van der Waals surface area contributed by atoms with E-state index in [2.05, 4.69) is 31.1 Å². The number of thiazole rings is 1. The predicted molar refractivity (Wildman–Crippen MR) is 194 cm³/mol. The van der Waals surface area contributed by atoms with E-state index in [4.69, 9.17) is 21.1 Å². The van der Waals surface area contributed by atoms with Crippen LogP contribution in [0, 0.1) is 10.1 Å². The lowest BCUT2D eigenvalue weighted by Crippen LogP contribution is -2.40. The fourth-order valence-corrected chi connectivity index (χ4v) is 8.17. The van der Waals surface area contributed by atoms with Crippen molar-refractivity contribution in [2.24, 2.45) is 4.99 Å². The number of allylic oxidation sites excluding steroid dienone is 1. The number of non-ortho nitro benzene ring substituents is 1. The van der Waals surface area contributed by atoms with Gasteiger partial charge in [0.1, 0.15) is 11.8 Å². The molecule has 0 unspecified atom stereocenters. The molecule has 1 atom stereocenters.